The van der Waals surface area contributed by atoms with Crippen molar-refractivity contribution in [2.45, 2.75) is 18.9 Å². The van der Waals surface area contributed by atoms with E-state index >= 15 is 0 Å². The molecule has 0 spiro atoms. The van der Waals surface area contributed by atoms with E-state index < -0.39 is 11.5 Å². The van der Waals surface area contributed by atoms with Gasteiger partial charge in [-0.05, 0) is 18.6 Å². The van der Waals surface area contributed by atoms with Crippen molar-refractivity contribution in [1.29, 1.82) is 0 Å². The van der Waals surface area contributed by atoms with Crippen molar-refractivity contribution in [2.75, 3.05) is 0 Å². The lowest BCUT2D eigenvalue weighted by atomic mass is 9.93. The molecule has 0 saturated carbocycles. The maximum Gasteiger partial charge on any atom is 0.323 e. The Labute approximate surface area is 86.8 Å². The highest BCUT2D eigenvalue weighted by Crippen LogP contribution is 2.25. The Balaban J connectivity index is 2.95. The third kappa shape index (κ3) is 2.60. The monoisotopic (exact) mass is 211 g/mol. The predicted molar refractivity (Wildman–Crippen MR) is 53.7 cm³/mol. The van der Waals surface area contributed by atoms with Crippen molar-refractivity contribution in [2.24, 2.45) is 5.73 Å². The highest BCUT2D eigenvalue weighted by atomic mass is 16.4. The molecule has 0 aliphatic heterocycles. The van der Waals surface area contributed by atoms with E-state index in [1.165, 1.54) is 19.1 Å². The van der Waals surface area contributed by atoms with Crippen LogP contribution in [0.3, 0.4) is 0 Å². The van der Waals surface area contributed by atoms with E-state index in [4.69, 9.17) is 15.9 Å². The molecule has 1 atom stereocenters. The minimum atomic E-state index is -1.44. The fraction of sp³-hybridized carbons (Fsp3) is 0.300. The lowest BCUT2D eigenvalue weighted by molar-refractivity contribution is -0.142. The Kier molecular flexibility index (Phi) is 2.85. The first-order chi connectivity index (χ1) is 6.83. The van der Waals surface area contributed by atoms with Crippen molar-refractivity contribution in [3.05, 3.63) is 23.8 Å². The SMILES string of the molecule is C[C@](N)(Cc1ccc(O)cc1O)C(=O)O. The summed E-state index contributed by atoms with van der Waals surface area (Å²) in [5.41, 5.74) is 4.48. The van der Waals surface area contributed by atoms with Crippen LogP contribution in [0.1, 0.15) is 12.5 Å². The summed E-state index contributed by atoms with van der Waals surface area (Å²) in [4.78, 5) is 10.7. The quantitative estimate of drug-likeness (QED) is 0.581. The van der Waals surface area contributed by atoms with Gasteiger partial charge in [0, 0.05) is 12.5 Å². The standard InChI is InChI=1S/C10H13NO4/c1-10(11,9(14)15)5-6-2-3-7(12)4-8(6)13/h2-4,12-13H,5,11H2,1H3,(H,14,15)/t10-/m0/s1. The molecule has 0 aliphatic rings. The van der Waals surface area contributed by atoms with Crippen molar-refractivity contribution < 1.29 is 20.1 Å². The molecule has 5 nitrogen and oxygen atoms in total. The normalized spacial score (nSPS) is 14.5. The van der Waals surface area contributed by atoms with Gasteiger partial charge in [0.2, 0.25) is 0 Å². The van der Waals surface area contributed by atoms with Crippen LogP contribution in [0, 0.1) is 0 Å². The minimum absolute atomic E-state index is 0.00551. The van der Waals surface area contributed by atoms with E-state index in [9.17, 15) is 9.90 Å². The first kappa shape index (κ1) is 11.3. The number of phenols is 2. The summed E-state index contributed by atoms with van der Waals surface area (Å²) in [7, 11) is 0. The van der Waals surface area contributed by atoms with Gasteiger partial charge in [-0.2, -0.15) is 0 Å². The third-order valence-electron chi connectivity index (χ3n) is 2.12. The van der Waals surface area contributed by atoms with Crippen LogP contribution in [0.4, 0.5) is 0 Å². The van der Waals surface area contributed by atoms with E-state index in [1.54, 1.807) is 0 Å². The zero-order valence-corrected chi connectivity index (χ0v) is 8.27. The topological polar surface area (TPSA) is 104 Å². The highest BCUT2D eigenvalue weighted by molar-refractivity contribution is 5.78. The molecule has 1 aromatic carbocycles. The van der Waals surface area contributed by atoms with Crippen LogP contribution in [-0.4, -0.2) is 26.8 Å². The van der Waals surface area contributed by atoms with Crippen LogP contribution in [0.25, 0.3) is 0 Å². The number of benzene rings is 1. The van der Waals surface area contributed by atoms with Crippen molar-refractivity contribution >= 4 is 5.97 Å². The Bertz CT molecular complexity index is 387. The summed E-state index contributed by atoms with van der Waals surface area (Å²) < 4.78 is 0. The Hall–Kier alpha value is -1.75. The number of aliphatic carboxylic acids is 1. The molecular weight excluding hydrogens is 198 g/mol. The first-order valence-electron chi connectivity index (χ1n) is 4.36. The smallest absolute Gasteiger partial charge is 0.323 e. The molecular formula is C10H13NO4. The second-order valence-corrected chi connectivity index (χ2v) is 3.71. The van der Waals surface area contributed by atoms with Gasteiger partial charge in [0.15, 0.2) is 0 Å². The molecule has 0 heterocycles. The average Bonchev–Trinajstić information content (AvgIpc) is 2.09. The second kappa shape index (κ2) is 3.78. The molecule has 0 unspecified atom stereocenters. The van der Waals surface area contributed by atoms with E-state index in [-0.39, 0.29) is 17.9 Å². The second-order valence-electron chi connectivity index (χ2n) is 3.71. The number of hydrogen-bond acceptors (Lipinski definition) is 4. The molecule has 0 saturated heterocycles. The lowest BCUT2D eigenvalue weighted by Gasteiger charge is -2.19. The van der Waals surface area contributed by atoms with Crippen LogP contribution in [0.5, 0.6) is 11.5 Å². The number of carbonyl (C=O) groups is 1. The molecule has 0 bridgehead atoms. The largest absolute Gasteiger partial charge is 0.508 e. The summed E-state index contributed by atoms with van der Waals surface area (Å²) in [6.45, 7) is 1.36. The fourth-order valence-electron chi connectivity index (χ4n) is 1.17. The van der Waals surface area contributed by atoms with Gasteiger partial charge < -0.3 is 21.1 Å². The van der Waals surface area contributed by atoms with Gasteiger partial charge in [-0.1, -0.05) is 6.07 Å². The molecule has 0 radical (unpaired) electrons. The zero-order valence-electron chi connectivity index (χ0n) is 8.27. The summed E-state index contributed by atoms with van der Waals surface area (Å²) in [5, 5.41) is 27.3. The zero-order chi connectivity index (χ0) is 11.6. The fourth-order valence-corrected chi connectivity index (χ4v) is 1.17. The number of carboxylic acid groups (broad SMARTS) is 1. The molecule has 15 heavy (non-hydrogen) atoms. The van der Waals surface area contributed by atoms with Crippen LogP contribution in [0.15, 0.2) is 18.2 Å². The molecule has 5 heteroatoms. The maximum atomic E-state index is 10.7. The van der Waals surface area contributed by atoms with Gasteiger partial charge in [0.25, 0.3) is 0 Å². The van der Waals surface area contributed by atoms with Gasteiger partial charge in [-0.25, -0.2) is 0 Å². The van der Waals surface area contributed by atoms with Crippen molar-refractivity contribution in [1.82, 2.24) is 0 Å². The van der Waals surface area contributed by atoms with E-state index in [2.05, 4.69) is 0 Å². The van der Waals surface area contributed by atoms with E-state index in [1.807, 2.05) is 0 Å². The molecule has 0 aromatic heterocycles. The Morgan fingerprint density at radius 3 is 2.53 bits per heavy atom. The van der Waals surface area contributed by atoms with Gasteiger partial charge in [0.1, 0.15) is 17.0 Å². The number of nitrogens with two attached hydrogens (primary N) is 1. The van der Waals surface area contributed by atoms with Gasteiger partial charge in [0.05, 0.1) is 0 Å². The lowest BCUT2D eigenvalue weighted by Crippen LogP contribution is -2.46. The van der Waals surface area contributed by atoms with Crippen LogP contribution < -0.4 is 5.73 Å². The van der Waals surface area contributed by atoms with Crippen LogP contribution in [0.2, 0.25) is 0 Å². The molecule has 0 amide bonds. The van der Waals surface area contributed by atoms with Crippen molar-refractivity contribution in [3.63, 3.8) is 0 Å². The number of rotatable bonds is 3. The van der Waals surface area contributed by atoms with E-state index in [0.717, 1.165) is 6.07 Å². The summed E-state index contributed by atoms with van der Waals surface area (Å²) in [6.07, 6.45) is -0.00551. The summed E-state index contributed by atoms with van der Waals surface area (Å²) >= 11 is 0. The van der Waals surface area contributed by atoms with Crippen molar-refractivity contribution in [3.8, 4) is 11.5 Å². The molecule has 82 valence electrons. The molecule has 5 N–H and O–H groups in total. The number of carboxylic acids is 1. The molecule has 1 rings (SSSR count). The molecule has 0 aliphatic carbocycles. The van der Waals surface area contributed by atoms with E-state index in [0.29, 0.717) is 5.56 Å². The summed E-state index contributed by atoms with van der Waals surface area (Å²) in [5.74, 6) is -1.38. The molecule has 1 aromatic rings. The van der Waals surface area contributed by atoms with Gasteiger partial charge >= 0.3 is 5.97 Å². The van der Waals surface area contributed by atoms with Gasteiger partial charge in [-0.15, -0.1) is 0 Å². The third-order valence-corrected chi connectivity index (χ3v) is 2.12. The first-order valence-corrected chi connectivity index (χ1v) is 4.36. The van der Waals surface area contributed by atoms with Gasteiger partial charge in [-0.3, -0.25) is 4.79 Å². The maximum absolute atomic E-state index is 10.7. The molecule has 0 fully saturated rings. The van der Waals surface area contributed by atoms with Crippen LogP contribution >= 0.6 is 0 Å². The predicted octanol–water partition coefficient (Wildman–Crippen LogP) is 0.442. The number of hydrogen-bond donors (Lipinski definition) is 4. The number of aromatic hydroxyl groups is 2. The Morgan fingerprint density at radius 1 is 1.47 bits per heavy atom. The minimum Gasteiger partial charge on any atom is -0.508 e. The average molecular weight is 211 g/mol. The summed E-state index contributed by atoms with van der Waals surface area (Å²) in [6, 6.07) is 3.96. The number of phenolic OH excluding ortho intramolecular Hbond substituents is 2. The Morgan fingerprint density at radius 2 is 2.07 bits per heavy atom. The van der Waals surface area contributed by atoms with Crippen LogP contribution in [-0.2, 0) is 11.2 Å². The highest BCUT2D eigenvalue weighted by Gasteiger charge is 2.29.